The van der Waals surface area contributed by atoms with Crippen LogP contribution in [0.5, 0.6) is 0 Å². The van der Waals surface area contributed by atoms with Gasteiger partial charge in [0.2, 0.25) is 0 Å². The molecular formula is C10H16O3. The molecule has 13 heavy (non-hydrogen) atoms. The van der Waals surface area contributed by atoms with Gasteiger partial charge in [-0.1, -0.05) is 26.8 Å². The van der Waals surface area contributed by atoms with E-state index in [0.717, 1.165) is 0 Å². The van der Waals surface area contributed by atoms with Gasteiger partial charge in [-0.2, -0.15) is 0 Å². The molecule has 3 nitrogen and oxygen atoms in total. The highest BCUT2D eigenvalue weighted by Crippen LogP contribution is 2.37. The lowest BCUT2D eigenvalue weighted by Crippen LogP contribution is -2.47. The van der Waals surface area contributed by atoms with Gasteiger partial charge in [-0.15, -0.1) is 0 Å². The first kappa shape index (κ1) is 10.4. The third kappa shape index (κ3) is 1.54. The summed E-state index contributed by atoms with van der Waals surface area (Å²) in [5, 5.41) is 19.5. The van der Waals surface area contributed by atoms with E-state index in [0.29, 0.717) is 11.9 Å². The molecule has 0 aromatic rings. The van der Waals surface area contributed by atoms with Crippen LogP contribution in [-0.2, 0) is 4.79 Å². The monoisotopic (exact) mass is 184 g/mol. The van der Waals surface area contributed by atoms with Crippen molar-refractivity contribution in [2.75, 3.05) is 0 Å². The highest BCUT2D eigenvalue weighted by atomic mass is 16.3. The number of carbonyl (C=O) groups is 1. The molecule has 3 heteroatoms. The van der Waals surface area contributed by atoms with Crippen LogP contribution in [0, 0.1) is 11.3 Å². The van der Waals surface area contributed by atoms with Crippen LogP contribution in [-0.4, -0.2) is 28.7 Å². The molecular weight excluding hydrogens is 168 g/mol. The van der Waals surface area contributed by atoms with Crippen LogP contribution in [0.1, 0.15) is 20.8 Å². The van der Waals surface area contributed by atoms with Gasteiger partial charge in [-0.3, -0.25) is 4.79 Å². The zero-order valence-electron chi connectivity index (χ0n) is 8.19. The van der Waals surface area contributed by atoms with Gasteiger partial charge < -0.3 is 10.2 Å². The summed E-state index contributed by atoms with van der Waals surface area (Å²) in [5.41, 5.74) is -0.271. The Bertz CT molecular complexity index is 243. The molecule has 1 rings (SSSR count). The number of hydrogen-bond donors (Lipinski definition) is 2. The second kappa shape index (κ2) is 3.24. The molecule has 1 aliphatic carbocycles. The van der Waals surface area contributed by atoms with E-state index in [1.165, 1.54) is 0 Å². The van der Waals surface area contributed by atoms with Gasteiger partial charge in [-0.25, -0.2) is 0 Å². The molecule has 3 unspecified atom stereocenters. The fourth-order valence-electron chi connectivity index (χ4n) is 1.86. The first-order valence-corrected chi connectivity index (χ1v) is 4.44. The normalized spacial score (nSPS) is 38.2. The summed E-state index contributed by atoms with van der Waals surface area (Å²) in [6, 6.07) is 0. The lowest BCUT2D eigenvalue weighted by molar-refractivity contribution is -0.109. The second-order valence-corrected chi connectivity index (χ2v) is 4.31. The highest BCUT2D eigenvalue weighted by molar-refractivity contribution is 5.75. The standard InChI is InChI=1S/C10H16O3/c1-6-4-7(5-11)9(13)10(2,3)8(6)12/h4-6,8-9,12-13H,1-3H3. The lowest BCUT2D eigenvalue weighted by Gasteiger charge is -2.41. The van der Waals surface area contributed by atoms with Gasteiger partial charge in [0.05, 0.1) is 12.2 Å². The van der Waals surface area contributed by atoms with Crippen molar-refractivity contribution in [1.29, 1.82) is 0 Å². The average Bonchev–Trinajstić information content (AvgIpc) is 2.09. The van der Waals surface area contributed by atoms with Crippen molar-refractivity contribution in [2.45, 2.75) is 33.0 Å². The van der Waals surface area contributed by atoms with E-state index in [4.69, 9.17) is 0 Å². The van der Waals surface area contributed by atoms with Crippen LogP contribution in [0.2, 0.25) is 0 Å². The number of aliphatic hydroxyl groups is 2. The highest BCUT2D eigenvalue weighted by Gasteiger charge is 2.43. The fraction of sp³-hybridized carbons (Fsp3) is 0.700. The van der Waals surface area contributed by atoms with E-state index < -0.39 is 17.6 Å². The molecule has 0 amide bonds. The van der Waals surface area contributed by atoms with Crippen molar-refractivity contribution in [1.82, 2.24) is 0 Å². The minimum Gasteiger partial charge on any atom is -0.392 e. The summed E-state index contributed by atoms with van der Waals surface area (Å²) in [5.74, 6) is -0.0846. The Balaban J connectivity index is 3.07. The molecule has 1 aliphatic rings. The summed E-state index contributed by atoms with van der Waals surface area (Å²) in [6.07, 6.45) is 0.824. The predicted molar refractivity (Wildman–Crippen MR) is 49.1 cm³/mol. The largest absolute Gasteiger partial charge is 0.392 e. The number of aldehydes is 1. The maximum absolute atomic E-state index is 10.6. The SMILES string of the molecule is CC1C=C(C=O)C(O)C(C)(C)C1O. The number of hydrogen-bond acceptors (Lipinski definition) is 3. The van der Waals surface area contributed by atoms with Crippen LogP contribution in [0.25, 0.3) is 0 Å². The van der Waals surface area contributed by atoms with Gasteiger partial charge in [0.15, 0.2) is 0 Å². The Morgan fingerprint density at radius 3 is 2.46 bits per heavy atom. The van der Waals surface area contributed by atoms with Crippen molar-refractivity contribution < 1.29 is 15.0 Å². The molecule has 0 aliphatic heterocycles. The molecule has 0 saturated heterocycles. The average molecular weight is 184 g/mol. The van der Waals surface area contributed by atoms with Crippen LogP contribution < -0.4 is 0 Å². The molecule has 0 spiro atoms. The topological polar surface area (TPSA) is 57.5 Å². The van der Waals surface area contributed by atoms with Crippen LogP contribution in [0.4, 0.5) is 0 Å². The first-order valence-electron chi connectivity index (χ1n) is 4.44. The van der Waals surface area contributed by atoms with Crippen molar-refractivity contribution in [3.63, 3.8) is 0 Å². The number of carbonyl (C=O) groups excluding carboxylic acids is 1. The molecule has 0 saturated carbocycles. The van der Waals surface area contributed by atoms with E-state index in [2.05, 4.69) is 0 Å². The fourth-order valence-corrected chi connectivity index (χ4v) is 1.86. The summed E-state index contributed by atoms with van der Waals surface area (Å²) < 4.78 is 0. The maximum Gasteiger partial charge on any atom is 0.148 e. The van der Waals surface area contributed by atoms with Gasteiger partial charge >= 0.3 is 0 Å². The van der Waals surface area contributed by atoms with Crippen molar-refractivity contribution in [2.24, 2.45) is 11.3 Å². The Labute approximate surface area is 78.1 Å². The number of aliphatic hydroxyl groups excluding tert-OH is 2. The number of rotatable bonds is 1. The first-order chi connectivity index (χ1) is 5.91. The maximum atomic E-state index is 10.6. The molecule has 2 N–H and O–H groups in total. The summed E-state index contributed by atoms with van der Waals surface area (Å²) >= 11 is 0. The molecule has 0 bridgehead atoms. The van der Waals surface area contributed by atoms with Crippen LogP contribution in [0.3, 0.4) is 0 Å². The predicted octanol–water partition coefficient (Wildman–Crippen LogP) is 0.509. The summed E-state index contributed by atoms with van der Waals surface area (Å²) in [6.45, 7) is 5.35. The van der Waals surface area contributed by atoms with Gasteiger partial charge in [0.25, 0.3) is 0 Å². The minimum absolute atomic E-state index is 0.0846. The van der Waals surface area contributed by atoms with E-state index >= 15 is 0 Å². The van der Waals surface area contributed by atoms with Gasteiger partial charge in [0, 0.05) is 16.9 Å². The lowest BCUT2D eigenvalue weighted by atomic mass is 9.69. The third-order valence-corrected chi connectivity index (χ3v) is 2.87. The third-order valence-electron chi connectivity index (χ3n) is 2.87. The zero-order valence-corrected chi connectivity index (χ0v) is 8.19. The van der Waals surface area contributed by atoms with E-state index in [-0.39, 0.29) is 5.92 Å². The Hall–Kier alpha value is -0.670. The molecule has 0 aromatic heterocycles. The Morgan fingerprint density at radius 1 is 1.46 bits per heavy atom. The van der Waals surface area contributed by atoms with Gasteiger partial charge in [-0.05, 0) is 0 Å². The van der Waals surface area contributed by atoms with Crippen LogP contribution >= 0.6 is 0 Å². The van der Waals surface area contributed by atoms with Crippen molar-refractivity contribution >= 4 is 6.29 Å². The molecule has 0 heterocycles. The Morgan fingerprint density at radius 2 is 2.00 bits per heavy atom. The quantitative estimate of drug-likeness (QED) is 0.584. The molecule has 3 atom stereocenters. The summed E-state index contributed by atoms with van der Waals surface area (Å²) in [7, 11) is 0. The minimum atomic E-state index is -0.865. The van der Waals surface area contributed by atoms with Crippen LogP contribution in [0.15, 0.2) is 11.6 Å². The molecule has 0 fully saturated rings. The Kier molecular flexibility index (Phi) is 2.59. The van der Waals surface area contributed by atoms with Crippen molar-refractivity contribution in [3.05, 3.63) is 11.6 Å². The van der Waals surface area contributed by atoms with Gasteiger partial charge in [0.1, 0.15) is 6.29 Å². The van der Waals surface area contributed by atoms with E-state index in [1.54, 1.807) is 19.9 Å². The zero-order chi connectivity index (χ0) is 10.2. The summed E-state index contributed by atoms with van der Waals surface area (Å²) in [4.78, 5) is 10.6. The molecule has 0 radical (unpaired) electrons. The van der Waals surface area contributed by atoms with E-state index in [9.17, 15) is 15.0 Å². The van der Waals surface area contributed by atoms with E-state index in [1.807, 2.05) is 6.92 Å². The molecule has 0 aromatic carbocycles. The second-order valence-electron chi connectivity index (χ2n) is 4.31. The molecule has 74 valence electrons. The van der Waals surface area contributed by atoms with Crippen molar-refractivity contribution in [3.8, 4) is 0 Å². The smallest absolute Gasteiger partial charge is 0.148 e.